The zero-order chi connectivity index (χ0) is 9.61. The lowest BCUT2D eigenvalue weighted by atomic mass is 10.1. The van der Waals surface area contributed by atoms with E-state index in [4.69, 9.17) is 5.73 Å². The molecule has 0 bridgehead atoms. The molecule has 3 heteroatoms. The lowest BCUT2D eigenvalue weighted by Gasteiger charge is -2.17. The van der Waals surface area contributed by atoms with E-state index in [2.05, 4.69) is 12.2 Å². The van der Waals surface area contributed by atoms with Crippen molar-refractivity contribution in [3.63, 3.8) is 0 Å². The van der Waals surface area contributed by atoms with Crippen LogP contribution < -0.4 is 11.1 Å². The highest BCUT2D eigenvalue weighted by atomic mass is 16.2. The van der Waals surface area contributed by atoms with E-state index in [1.807, 2.05) is 0 Å². The van der Waals surface area contributed by atoms with Crippen LogP contribution in [0.5, 0.6) is 0 Å². The van der Waals surface area contributed by atoms with Crippen LogP contribution in [0.25, 0.3) is 0 Å². The molecule has 12 heavy (non-hydrogen) atoms. The van der Waals surface area contributed by atoms with Gasteiger partial charge in [0.25, 0.3) is 0 Å². The molecule has 0 spiro atoms. The summed E-state index contributed by atoms with van der Waals surface area (Å²) in [5.74, 6) is -0.0707. The highest BCUT2D eigenvalue weighted by Crippen LogP contribution is 1.96. The molecule has 0 saturated heterocycles. The molecule has 3 nitrogen and oxygen atoms in total. The van der Waals surface area contributed by atoms with E-state index in [-0.39, 0.29) is 5.91 Å². The minimum absolute atomic E-state index is 0.0707. The Hall–Kier alpha value is -0.570. The van der Waals surface area contributed by atoms with E-state index in [1.54, 1.807) is 13.8 Å². The smallest absolute Gasteiger partial charge is 0.239 e. The van der Waals surface area contributed by atoms with Gasteiger partial charge in [-0.05, 0) is 20.3 Å². The van der Waals surface area contributed by atoms with Crippen molar-refractivity contribution in [3.8, 4) is 0 Å². The van der Waals surface area contributed by atoms with E-state index < -0.39 is 5.54 Å². The Morgan fingerprint density at radius 2 is 2.00 bits per heavy atom. The molecule has 0 rings (SSSR count). The molecule has 0 saturated carbocycles. The first kappa shape index (κ1) is 11.4. The predicted octanol–water partition coefficient (Wildman–Crippen LogP) is 1.03. The van der Waals surface area contributed by atoms with Crippen LogP contribution in [0.2, 0.25) is 0 Å². The topological polar surface area (TPSA) is 55.1 Å². The third-order valence-corrected chi connectivity index (χ3v) is 1.65. The normalized spacial score (nSPS) is 11.3. The largest absolute Gasteiger partial charge is 0.355 e. The lowest BCUT2D eigenvalue weighted by Crippen LogP contribution is -2.49. The minimum Gasteiger partial charge on any atom is -0.355 e. The second-order valence-corrected chi connectivity index (χ2v) is 3.68. The van der Waals surface area contributed by atoms with Crippen molar-refractivity contribution in [1.82, 2.24) is 5.32 Å². The van der Waals surface area contributed by atoms with Gasteiger partial charge in [-0.2, -0.15) is 0 Å². The molecule has 0 aromatic heterocycles. The first-order chi connectivity index (χ1) is 5.48. The van der Waals surface area contributed by atoms with E-state index in [9.17, 15) is 4.79 Å². The summed E-state index contributed by atoms with van der Waals surface area (Å²) >= 11 is 0. The molecular formula is C9H20N2O. The average Bonchev–Trinajstić information content (AvgIpc) is 1.96. The molecule has 72 valence electrons. The van der Waals surface area contributed by atoms with Gasteiger partial charge in [-0.25, -0.2) is 0 Å². The number of unbranched alkanes of at least 4 members (excludes halogenated alkanes) is 2. The highest BCUT2D eigenvalue weighted by molar-refractivity contribution is 5.84. The molecule has 3 N–H and O–H groups in total. The number of hydrogen-bond acceptors (Lipinski definition) is 2. The maximum Gasteiger partial charge on any atom is 0.239 e. The summed E-state index contributed by atoms with van der Waals surface area (Å²) in [7, 11) is 0. The Morgan fingerprint density at radius 3 is 2.42 bits per heavy atom. The van der Waals surface area contributed by atoms with Gasteiger partial charge >= 0.3 is 0 Å². The first-order valence-corrected chi connectivity index (χ1v) is 4.55. The van der Waals surface area contributed by atoms with Crippen molar-refractivity contribution in [3.05, 3.63) is 0 Å². The summed E-state index contributed by atoms with van der Waals surface area (Å²) < 4.78 is 0. The first-order valence-electron chi connectivity index (χ1n) is 4.55. The molecule has 0 aromatic carbocycles. The number of nitrogens with two attached hydrogens (primary N) is 1. The van der Waals surface area contributed by atoms with Crippen molar-refractivity contribution in [1.29, 1.82) is 0 Å². The summed E-state index contributed by atoms with van der Waals surface area (Å²) in [4.78, 5) is 11.2. The summed E-state index contributed by atoms with van der Waals surface area (Å²) in [6.45, 7) is 6.30. The van der Waals surface area contributed by atoms with E-state index >= 15 is 0 Å². The highest BCUT2D eigenvalue weighted by Gasteiger charge is 2.20. The summed E-state index contributed by atoms with van der Waals surface area (Å²) in [6.07, 6.45) is 3.37. The second kappa shape index (κ2) is 5.14. The molecule has 1 amide bonds. The van der Waals surface area contributed by atoms with Crippen molar-refractivity contribution < 1.29 is 4.79 Å². The molecule has 0 radical (unpaired) electrons. The third-order valence-electron chi connectivity index (χ3n) is 1.65. The number of carbonyl (C=O) groups is 1. The van der Waals surface area contributed by atoms with Crippen molar-refractivity contribution in [2.75, 3.05) is 6.54 Å². The Labute approximate surface area is 74.7 Å². The summed E-state index contributed by atoms with van der Waals surface area (Å²) in [5.41, 5.74) is 4.84. The molecule has 0 aromatic rings. The number of rotatable bonds is 5. The van der Waals surface area contributed by atoms with Gasteiger partial charge in [0.05, 0.1) is 5.54 Å². The van der Waals surface area contributed by atoms with Gasteiger partial charge in [0.15, 0.2) is 0 Å². The Kier molecular flexibility index (Phi) is 4.90. The van der Waals surface area contributed by atoms with Crippen LogP contribution >= 0.6 is 0 Å². The second-order valence-electron chi connectivity index (χ2n) is 3.68. The van der Waals surface area contributed by atoms with E-state index in [1.165, 1.54) is 6.42 Å². The van der Waals surface area contributed by atoms with Crippen LogP contribution in [-0.2, 0) is 4.79 Å². The molecule has 0 aliphatic heterocycles. The molecule has 0 atom stereocenters. The van der Waals surface area contributed by atoms with Gasteiger partial charge in [0, 0.05) is 6.54 Å². The molecule has 0 aliphatic carbocycles. The number of amides is 1. The Balaban J connectivity index is 3.45. The van der Waals surface area contributed by atoms with Gasteiger partial charge < -0.3 is 11.1 Å². The lowest BCUT2D eigenvalue weighted by molar-refractivity contribution is -0.125. The Bertz CT molecular complexity index is 138. The van der Waals surface area contributed by atoms with Crippen LogP contribution in [0.15, 0.2) is 0 Å². The van der Waals surface area contributed by atoms with E-state index in [0.29, 0.717) is 0 Å². The maximum absolute atomic E-state index is 11.2. The zero-order valence-electron chi connectivity index (χ0n) is 8.31. The molecule has 0 heterocycles. The quantitative estimate of drug-likeness (QED) is 0.608. The molecule has 0 fully saturated rings. The fraction of sp³-hybridized carbons (Fsp3) is 0.889. The van der Waals surface area contributed by atoms with Gasteiger partial charge in [-0.3, -0.25) is 4.79 Å². The molecule has 0 aliphatic rings. The van der Waals surface area contributed by atoms with Crippen molar-refractivity contribution in [2.45, 2.75) is 45.6 Å². The van der Waals surface area contributed by atoms with Crippen LogP contribution in [-0.4, -0.2) is 18.0 Å². The minimum atomic E-state index is -0.744. The predicted molar refractivity (Wildman–Crippen MR) is 50.8 cm³/mol. The summed E-state index contributed by atoms with van der Waals surface area (Å²) in [5, 5.41) is 2.79. The molecule has 0 unspecified atom stereocenters. The SMILES string of the molecule is CCCCCNC(=O)C(C)(C)N. The monoisotopic (exact) mass is 172 g/mol. The van der Waals surface area contributed by atoms with Crippen LogP contribution in [0.3, 0.4) is 0 Å². The summed E-state index contributed by atoms with van der Waals surface area (Å²) in [6, 6.07) is 0. The fourth-order valence-electron chi connectivity index (χ4n) is 0.805. The standard InChI is InChI=1S/C9H20N2O/c1-4-5-6-7-11-8(12)9(2,3)10/h4-7,10H2,1-3H3,(H,11,12). The number of hydrogen-bond donors (Lipinski definition) is 2. The van der Waals surface area contributed by atoms with Crippen molar-refractivity contribution in [2.24, 2.45) is 5.73 Å². The zero-order valence-corrected chi connectivity index (χ0v) is 8.31. The number of nitrogens with one attached hydrogen (secondary N) is 1. The Morgan fingerprint density at radius 1 is 1.42 bits per heavy atom. The fourth-order valence-corrected chi connectivity index (χ4v) is 0.805. The number of carbonyl (C=O) groups excluding carboxylic acids is 1. The third kappa shape index (κ3) is 5.13. The van der Waals surface area contributed by atoms with Crippen LogP contribution in [0, 0.1) is 0 Å². The van der Waals surface area contributed by atoms with Gasteiger partial charge in [-0.1, -0.05) is 19.8 Å². The van der Waals surface area contributed by atoms with Crippen LogP contribution in [0.4, 0.5) is 0 Å². The molecular weight excluding hydrogens is 152 g/mol. The van der Waals surface area contributed by atoms with Crippen LogP contribution in [0.1, 0.15) is 40.0 Å². The van der Waals surface area contributed by atoms with Crippen molar-refractivity contribution >= 4 is 5.91 Å². The maximum atomic E-state index is 11.2. The average molecular weight is 172 g/mol. The van der Waals surface area contributed by atoms with Gasteiger partial charge in [-0.15, -0.1) is 0 Å². The van der Waals surface area contributed by atoms with Gasteiger partial charge in [0.1, 0.15) is 0 Å². The van der Waals surface area contributed by atoms with E-state index in [0.717, 1.165) is 19.4 Å². The van der Waals surface area contributed by atoms with Gasteiger partial charge in [0.2, 0.25) is 5.91 Å².